The summed E-state index contributed by atoms with van der Waals surface area (Å²) in [6, 6.07) is 1.73. The zero-order chi connectivity index (χ0) is 10.6. The van der Waals surface area contributed by atoms with Gasteiger partial charge in [-0.2, -0.15) is 5.10 Å². The Morgan fingerprint density at radius 3 is 2.93 bits per heavy atom. The quantitative estimate of drug-likeness (QED) is 0.765. The Morgan fingerprint density at radius 1 is 1.71 bits per heavy atom. The second-order valence-corrected chi connectivity index (χ2v) is 3.90. The van der Waals surface area contributed by atoms with E-state index in [4.69, 9.17) is 0 Å². The second-order valence-electron chi connectivity index (χ2n) is 3.11. The summed E-state index contributed by atoms with van der Waals surface area (Å²) in [7, 11) is 3.57. The third kappa shape index (κ3) is 2.57. The number of carbonyl (C=O) groups excluding carboxylic acids is 1. The minimum atomic E-state index is 0.0194. The van der Waals surface area contributed by atoms with Crippen LogP contribution in [0.3, 0.4) is 0 Å². The van der Waals surface area contributed by atoms with Crippen LogP contribution < -0.4 is 0 Å². The van der Waals surface area contributed by atoms with Gasteiger partial charge in [0.2, 0.25) is 0 Å². The number of alkyl halides is 1. The molecule has 0 aromatic carbocycles. The van der Waals surface area contributed by atoms with Crippen LogP contribution in [-0.2, 0) is 7.05 Å². The number of carbonyl (C=O) groups is 1. The third-order valence-corrected chi connectivity index (χ3v) is 2.57. The molecule has 0 bridgehead atoms. The van der Waals surface area contributed by atoms with Gasteiger partial charge in [0.15, 0.2) is 0 Å². The fourth-order valence-electron chi connectivity index (χ4n) is 1.18. The van der Waals surface area contributed by atoms with Gasteiger partial charge >= 0.3 is 0 Å². The van der Waals surface area contributed by atoms with Gasteiger partial charge in [0, 0.05) is 32.2 Å². The molecule has 1 heterocycles. The highest BCUT2D eigenvalue weighted by atomic mass is 79.9. The van der Waals surface area contributed by atoms with Crippen LogP contribution >= 0.6 is 15.9 Å². The maximum atomic E-state index is 11.8. The summed E-state index contributed by atoms with van der Waals surface area (Å²) >= 11 is 3.33. The van der Waals surface area contributed by atoms with Gasteiger partial charge in [-0.25, -0.2) is 0 Å². The van der Waals surface area contributed by atoms with Crippen molar-refractivity contribution in [3.63, 3.8) is 0 Å². The smallest absolute Gasteiger partial charge is 0.271 e. The molecule has 0 saturated heterocycles. The number of halogens is 1. The Labute approximate surface area is 92.0 Å². The number of hydrogen-bond acceptors (Lipinski definition) is 2. The van der Waals surface area contributed by atoms with E-state index in [2.05, 4.69) is 21.0 Å². The van der Waals surface area contributed by atoms with Gasteiger partial charge in [0.05, 0.1) is 0 Å². The largest absolute Gasteiger partial charge is 0.340 e. The number of nitrogens with zero attached hydrogens (tertiary/aromatic N) is 3. The molecule has 4 nitrogen and oxygen atoms in total. The molecule has 0 fully saturated rings. The number of aryl methyl sites for hydroxylation is 1. The van der Waals surface area contributed by atoms with Crippen LogP contribution in [0.5, 0.6) is 0 Å². The predicted molar refractivity (Wildman–Crippen MR) is 58.6 cm³/mol. The van der Waals surface area contributed by atoms with Crippen LogP contribution in [0.4, 0.5) is 0 Å². The van der Waals surface area contributed by atoms with Crippen LogP contribution in [0.25, 0.3) is 0 Å². The summed E-state index contributed by atoms with van der Waals surface area (Å²) in [5.74, 6) is 0.0194. The molecule has 1 rings (SSSR count). The zero-order valence-corrected chi connectivity index (χ0v) is 9.99. The van der Waals surface area contributed by atoms with Crippen LogP contribution in [0.2, 0.25) is 0 Å². The third-order valence-electron chi connectivity index (χ3n) is 2.01. The lowest BCUT2D eigenvalue weighted by molar-refractivity contribution is 0.0785. The molecule has 78 valence electrons. The van der Waals surface area contributed by atoms with Crippen molar-refractivity contribution in [2.75, 3.05) is 18.9 Å². The van der Waals surface area contributed by atoms with Gasteiger partial charge in [0.25, 0.3) is 5.91 Å². The lowest BCUT2D eigenvalue weighted by Crippen LogP contribution is -2.29. The van der Waals surface area contributed by atoms with Gasteiger partial charge in [-0.15, -0.1) is 0 Å². The molecule has 0 N–H and O–H groups in total. The van der Waals surface area contributed by atoms with Crippen molar-refractivity contribution in [3.8, 4) is 0 Å². The minimum Gasteiger partial charge on any atom is -0.340 e. The molecule has 14 heavy (non-hydrogen) atoms. The first-order valence-corrected chi connectivity index (χ1v) is 5.58. The predicted octanol–water partition coefficient (Wildman–Crippen LogP) is 1.28. The van der Waals surface area contributed by atoms with Crippen molar-refractivity contribution >= 4 is 21.8 Å². The fourth-order valence-corrected chi connectivity index (χ4v) is 1.43. The number of amides is 1. The average molecular weight is 260 g/mol. The highest BCUT2D eigenvalue weighted by Gasteiger charge is 2.13. The van der Waals surface area contributed by atoms with Crippen LogP contribution in [-0.4, -0.2) is 39.5 Å². The molecular formula is C9H14BrN3O. The minimum absolute atomic E-state index is 0.0194. The van der Waals surface area contributed by atoms with Gasteiger partial charge in [0.1, 0.15) is 5.69 Å². The van der Waals surface area contributed by atoms with E-state index in [9.17, 15) is 4.79 Å². The molecule has 0 unspecified atom stereocenters. The molecule has 0 atom stereocenters. The van der Waals surface area contributed by atoms with Crippen molar-refractivity contribution in [1.29, 1.82) is 0 Å². The second kappa shape index (κ2) is 5.14. The maximum Gasteiger partial charge on any atom is 0.271 e. The Kier molecular flexibility index (Phi) is 4.13. The summed E-state index contributed by atoms with van der Waals surface area (Å²) in [6.45, 7) is 0.759. The highest BCUT2D eigenvalue weighted by molar-refractivity contribution is 9.09. The number of aromatic nitrogens is 2. The van der Waals surface area contributed by atoms with Crippen molar-refractivity contribution in [2.45, 2.75) is 6.42 Å². The summed E-state index contributed by atoms with van der Waals surface area (Å²) in [5.41, 5.74) is 0.627. The first-order valence-electron chi connectivity index (χ1n) is 4.46. The van der Waals surface area contributed by atoms with Crippen LogP contribution in [0.15, 0.2) is 12.3 Å². The molecular weight excluding hydrogens is 246 g/mol. The van der Waals surface area contributed by atoms with E-state index >= 15 is 0 Å². The van der Waals surface area contributed by atoms with E-state index in [1.54, 1.807) is 35.9 Å². The van der Waals surface area contributed by atoms with Crippen molar-refractivity contribution < 1.29 is 4.79 Å². The van der Waals surface area contributed by atoms with Gasteiger partial charge < -0.3 is 4.90 Å². The maximum absolute atomic E-state index is 11.8. The molecule has 0 aliphatic carbocycles. The van der Waals surface area contributed by atoms with Crippen molar-refractivity contribution in [3.05, 3.63) is 18.0 Å². The fraction of sp³-hybridized carbons (Fsp3) is 0.556. The zero-order valence-electron chi connectivity index (χ0n) is 8.40. The molecule has 0 spiro atoms. The summed E-state index contributed by atoms with van der Waals surface area (Å²) in [6.07, 6.45) is 2.59. The molecule has 0 radical (unpaired) electrons. The van der Waals surface area contributed by atoms with Crippen LogP contribution in [0, 0.1) is 0 Å². The lowest BCUT2D eigenvalue weighted by atomic mass is 10.3. The Bertz CT molecular complexity index is 311. The summed E-state index contributed by atoms with van der Waals surface area (Å²) in [4.78, 5) is 13.5. The highest BCUT2D eigenvalue weighted by Crippen LogP contribution is 2.02. The van der Waals surface area contributed by atoms with Gasteiger partial charge in [-0.05, 0) is 12.5 Å². The Morgan fingerprint density at radius 2 is 2.43 bits per heavy atom. The Balaban J connectivity index is 2.61. The summed E-state index contributed by atoms with van der Waals surface area (Å²) in [5, 5.41) is 4.87. The molecule has 1 aromatic rings. The van der Waals surface area contributed by atoms with E-state index in [0.717, 1.165) is 18.3 Å². The van der Waals surface area contributed by atoms with E-state index < -0.39 is 0 Å². The first kappa shape index (κ1) is 11.2. The van der Waals surface area contributed by atoms with Crippen molar-refractivity contribution in [2.24, 2.45) is 7.05 Å². The topological polar surface area (TPSA) is 38.1 Å². The Hall–Kier alpha value is -0.840. The molecule has 0 saturated carbocycles. The SMILES string of the molecule is CN(CCCBr)C(=O)c1ccnn1C. The number of rotatable bonds is 4. The molecule has 0 aliphatic heterocycles. The van der Waals surface area contributed by atoms with Crippen molar-refractivity contribution in [1.82, 2.24) is 14.7 Å². The van der Waals surface area contributed by atoms with E-state index in [1.165, 1.54) is 0 Å². The van der Waals surface area contributed by atoms with E-state index in [0.29, 0.717) is 5.69 Å². The molecule has 1 amide bonds. The summed E-state index contributed by atoms with van der Waals surface area (Å²) < 4.78 is 1.59. The normalized spacial score (nSPS) is 10.2. The average Bonchev–Trinajstić information content (AvgIpc) is 2.59. The van der Waals surface area contributed by atoms with Crippen LogP contribution in [0.1, 0.15) is 16.9 Å². The lowest BCUT2D eigenvalue weighted by Gasteiger charge is -2.16. The van der Waals surface area contributed by atoms with E-state index in [1.807, 2.05) is 0 Å². The molecule has 5 heteroatoms. The monoisotopic (exact) mass is 259 g/mol. The van der Waals surface area contributed by atoms with Gasteiger partial charge in [-0.3, -0.25) is 9.48 Å². The van der Waals surface area contributed by atoms with E-state index in [-0.39, 0.29) is 5.91 Å². The van der Waals surface area contributed by atoms with Gasteiger partial charge in [-0.1, -0.05) is 15.9 Å². The molecule has 1 aromatic heterocycles. The first-order chi connectivity index (χ1) is 6.66. The molecule has 0 aliphatic rings. The number of hydrogen-bond donors (Lipinski definition) is 0. The standard InChI is InChI=1S/C9H14BrN3O/c1-12(7-3-5-10)9(14)8-4-6-11-13(8)2/h4,6H,3,5,7H2,1-2H3.